The van der Waals surface area contributed by atoms with E-state index in [-0.39, 0.29) is 23.8 Å². The Bertz CT molecular complexity index is 1250. The lowest BCUT2D eigenvalue weighted by Gasteiger charge is -2.24. The number of hydrogen-bond acceptors (Lipinski definition) is 6. The fourth-order valence-electron chi connectivity index (χ4n) is 3.38. The minimum absolute atomic E-state index is 0. The molecular weight excluding hydrogens is 456 g/mol. The van der Waals surface area contributed by atoms with Gasteiger partial charge in [-0.1, -0.05) is 25.2 Å². The van der Waals surface area contributed by atoms with Gasteiger partial charge in [-0.25, -0.2) is 13.8 Å². The highest BCUT2D eigenvalue weighted by atomic mass is 35.5. The van der Waals surface area contributed by atoms with E-state index in [0.29, 0.717) is 39.5 Å². The normalized spacial score (nSPS) is 11.2. The topological polar surface area (TPSA) is 62.2 Å². The van der Waals surface area contributed by atoms with Crippen LogP contribution in [0.15, 0.2) is 42.7 Å². The maximum absolute atomic E-state index is 14.2. The zero-order chi connectivity index (χ0) is 22.0. The first-order chi connectivity index (χ1) is 15.0. The third kappa shape index (κ3) is 4.85. The van der Waals surface area contributed by atoms with Gasteiger partial charge in [0.05, 0.1) is 15.7 Å². The van der Waals surface area contributed by atoms with E-state index in [1.54, 1.807) is 30.6 Å². The number of thiazole rings is 1. The molecule has 0 radical (unpaired) electrons. The molecule has 0 N–H and O–H groups in total. The lowest BCUT2D eigenvalue weighted by molar-refractivity contribution is 0.0984. The molecule has 2 aromatic heterocycles. The molecule has 168 valence electrons. The summed E-state index contributed by atoms with van der Waals surface area (Å²) in [6.45, 7) is 6.76. The SMILES string of the molecule is CCN(CC)CCN(C(=O)c1ccc2nccnc2c1)c1nc2c(F)cc(F)cc2s1.Cl. The number of halogens is 3. The van der Waals surface area contributed by atoms with Crippen molar-refractivity contribution in [1.82, 2.24) is 19.9 Å². The number of fused-ring (bicyclic) bond motifs is 2. The van der Waals surface area contributed by atoms with E-state index in [1.807, 2.05) is 13.8 Å². The van der Waals surface area contributed by atoms with Crippen LogP contribution in [0.1, 0.15) is 24.2 Å². The van der Waals surface area contributed by atoms with E-state index in [4.69, 9.17) is 0 Å². The first-order valence-electron chi connectivity index (χ1n) is 10.0. The molecule has 0 unspecified atom stereocenters. The summed E-state index contributed by atoms with van der Waals surface area (Å²) in [6.07, 6.45) is 3.16. The molecule has 1 amide bonds. The molecule has 32 heavy (non-hydrogen) atoms. The second kappa shape index (κ2) is 10.2. The summed E-state index contributed by atoms with van der Waals surface area (Å²) in [6, 6.07) is 7.15. The summed E-state index contributed by atoms with van der Waals surface area (Å²) in [5.74, 6) is -1.69. The Hall–Kier alpha value is -2.75. The van der Waals surface area contributed by atoms with Gasteiger partial charge < -0.3 is 4.90 Å². The average molecular weight is 478 g/mol. The number of nitrogens with zero attached hydrogens (tertiary/aromatic N) is 5. The zero-order valence-corrected chi connectivity index (χ0v) is 19.2. The Morgan fingerprint density at radius 3 is 2.44 bits per heavy atom. The van der Waals surface area contributed by atoms with Crippen LogP contribution in [0.4, 0.5) is 13.9 Å². The Morgan fingerprint density at radius 1 is 1.00 bits per heavy atom. The van der Waals surface area contributed by atoms with Gasteiger partial charge in [0.2, 0.25) is 0 Å². The molecule has 0 saturated heterocycles. The van der Waals surface area contributed by atoms with Gasteiger partial charge in [0.25, 0.3) is 5.91 Å². The monoisotopic (exact) mass is 477 g/mol. The van der Waals surface area contributed by atoms with Crippen molar-refractivity contribution < 1.29 is 13.6 Å². The minimum atomic E-state index is -0.741. The summed E-state index contributed by atoms with van der Waals surface area (Å²) in [4.78, 5) is 30.0. The van der Waals surface area contributed by atoms with Gasteiger partial charge >= 0.3 is 0 Å². The second-order valence-electron chi connectivity index (χ2n) is 6.97. The number of carbonyl (C=O) groups excluding carboxylic acids is 1. The Balaban J connectivity index is 0.00000289. The van der Waals surface area contributed by atoms with E-state index in [1.165, 1.54) is 11.0 Å². The van der Waals surface area contributed by atoms with Gasteiger partial charge in [0.15, 0.2) is 10.9 Å². The Labute approximate surface area is 194 Å². The van der Waals surface area contributed by atoms with E-state index in [0.717, 1.165) is 30.5 Å². The quantitative estimate of drug-likeness (QED) is 0.378. The number of benzene rings is 2. The van der Waals surface area contributed by atoms with Crippen molar-refractivity contribution in [3.8, 4) is 0 Å². The largest absolute Gasteiger partial charge is 0.302 e. The molecule has 4 rings (SSSR count). The first-order valence-corrected chi connectivity index (χ1v) is 10.8. The predicted octanol–water partition coefficient (Wildman–Crippen LogP) is 4.93. The summed E-state index contributed by atoms with van der Waals surface area (Å²) in [5, 5.41) is 0.330. The molecule has 0 aliphatic rings. The van der Waals surface area contributed by atoms with Gasteiger partial charge in [-0.15, -0.1) is 12.4 Å². The number of aromatic nitrogens is 3. The van der Waals surface area contributed by atoms with Crippen LogP contribution in [0.25, 0.3) is 21.3 Å². The molecule has 2 heterocycles. The standard InChI is InChI=1S/C22H21F2N5OS.ClH/c1-3-28(4-2)9-10-29(22-27-20-16(24)12-15(23)13-19(20)31-22)21(30)14-5-6-17-18(11-14)26-8-7-25-17;/h5-8,11-13H,3-4,9-10H2,1-2H3;1H. The van der Waals surface area contributed by atoms with Crippen molar-refractivity contribution >= 4 is 56.0 Å². The lowest BCUT2D eigenvalue weighted by atomic mass is 10.1. The molecular formula is C22H22ClF2N5OS. The molecule has 0 spiro atoms. The fourth-order valence-corrected chi connectivity index (χ4v) is 4.41. The highest BCUT2D eigenvalue weighted by molar-refractivity contribution is 7.22. The number of rotatable bonds is 7. The van der Waals surface area contributed by atoms with Crippen molar-refractivity contribution in [3.05, 3.63) is 59.9 Å². The molecule has 0 atom stereocenters. The molecule has 0 aliphatic heterocycles. The molecule has 6 nitrogen and oxygen atoms in total. The van der Waals surface area contributed by atoms with E-state index < -0.39 is 11.6 Å². The Kier molecular flexibility index (Phi) is 7.65. The molecule has 0 aliphatic carbocycles. The van der Waals surface area contributed by atoms with Crippen molar-refractivity contribution in [2.75, 3.05) is 31.1 Å². The van der Waals surface area contributed by atoms with Crippen LogP contribution in [0, 0.1) is 11.6 Å². The van der Waals surface area contributed by atoms with Crippen molar-refractivity contribution in [1.29, 1.82) is 0 Å². The van der Waals surface area contributed by atoms with Crippen LogP contribution in [0.2, 0.25) is 0 Å². The van der Waals surface area contributed by atoms with Gasteiger partial charge in [0, 0.05) is 37.1 Å². The molecule has 0 bridgehead atoms. The fraction of sp³-hybridized carbons (Fsp3) is 0.273. The van der Waals surface area contributed by atoms with Crippen LogP contribution < -0.4 is 4.90 Å². The molecule has 10 heteroatoms. The minimum Gasteiger partial charge on any atom is -0.302 e. The highest BCUT2D eigenvalue weighted by Gasteiger charge is 2.23. The highest BCUT2D eigenvalue weighted by Crippen LogP contribution is 2.32. The summed E-state index contributed by atoms with van der Waals surface area (Å²) in [7, 11) is 0. The van der Waals surface area contributed by atoms with E-state index in [2.05, 4.69) is 19.9 Å². The molecule has 0 fully saturated rings. The number of amides is 1. The molecule has 2 aromatic carbocycles. The van der Waals surface area contributed by atoms with Crippen LogP contribution in [-0.4, -0.2) is 51.9 Å². The Morgan fingerprint density at radius 2 is 1.72 bits per heavy atom. The van der Waals surface area contributed by atoms with Crippen molar-refractivity contribution in [2.45, 2.75) is 13.8 Å². The molecule has 4 aromatic rings. The third-order valence-electron chi connectivity index (χ3n) is 5.13. The second-order valence-corrected chi connectivity index (χ2v) is 7.98. The third-order valence-corrected chi connectivity index (χ3v) is 6.15. The zero-order valence-electron chi connectivity index (χ0n) is 17.6. The number of carbonyl (C=O) groups is 1. The first kappa shape index (κ1) is 23.9. The van der Waals surface area contributed by atoms with Crippen LogP contribution in [0.3, 0.4) is 0 Å². The van der Waals surface area contributed by atoms with Crippen LogP contribution >= 0.6 is 23.7 Å². The predicted molar refractivity (Wildman–Crippen MR) is 126 cm³/mol. The van der Waals surface area contributed by atoms with E-state index in [9.17, 15) is 13.6 Å². The number of anilines is 1. The number of likely N-dealkylation sites (N-methyl/N-ethyl adjacent to an activating group) is 1. The van der Waals surface area contributed by atoms with Crippen molar-refractivity contribution in [2.24, 2.45) is 0 Å². The smallest absolute Gasteiger partial charge is 0.260 e. The van der Waals surface area contributed by atoms with Gasteiger partial charge in [-0.05, 0) is 37.4 Å². The summed E-state index contributed by atoms with van der Waals surface area (Å²) in [5.41, 5.74) is 1.78. The summed E-state index contributed by atoms with van der Waals surface area (Å²) < 4.78 is 28.2. The van der Waals surface area contributed by atoms with Gasteiger partial charge in [-0.2, -0.15) is 0 Å². The number of hydrogen-bond donors (Lipinski definition) is 0. The maximum Gasteiger partial charge on any atom is 0.260 e. The van der Waals surface area contributed by atoms with Crippen LogP contribution in [-0.2, 0) is 0 Å². The van der Waals surface area contributed by atoms with Gasteiger partial charge in [0.1, 0.15) is 11.3 Å². The summed E-state index contributed by atoms with van der Waals surface area (Å²) >= 11 is 1.09. The lowest BCUT2D eigenvalue weighted by Crippen LogP contribution is -2.38. The van der Waals surface area contributed by atoms with E-state index >= 15 is 0 Å². The van der Waals surface area contributed by atoms with Crippen molar-refractivity contribution in [3.63, 3.8) is 0 Å². The van der Waals surface area contributed by atoms with Crippen LogP contribution in [0.5, 0.6) is 0 Å². The maximum atomic E-state index is 14.2. The molecule has 0 saturated carbocycles. The van der Waals surface area contributed by atoms with Gasteiger partial charge in [-0.3, -0.25) is 19.7 Å². The average Bonchev–Trinajstić information content (AvgIpc) is 3.20.